The summed E-state index contributed by atoms with van der Waals surface area (Å²) < 4.78 is 0. The van der Waals surface area contributed by atoms with Crippen molar-refractivity contribution >= 4 is 40.3 Å². The molecule has 2 aromatic rings. The third-order valence-electron chi connectivity index (χ3n) is 2.55. The van der Waals surface area contributed by atoms with Gasteiger partial charge in [-0.05, 0) is 24.3 Å². The predicted molar refractivity (Wildman–Crippen MR) is 81.4 cm³/mol. The van der Waals surface area contributed by atoms with Gasteiger partial charge in [-0.25, -0.2) is 0 Å². The SMILES string of the molecule is CN(C)c1ccc(Cl)c(Cl)c1/N=N/c1ccccc1. The summed E-state index contributed by atoms with van der Waals surface area (Å²) in [6.07, 6.45) is 0. The molecule has 0 aromatic heterocycles. The average Bonchev–Trinajstić information content (AvgIpc) is 2.41. The molecule has 0 amide bonds. The van der Waals surface area contributed by atoms with E-state index in [0.29, 0.717) is 15.7 Å². The molecule has 3 nitrogen and oxygen atoms in total. The van der Waals surface area contributed by atoms with Crippen LogP contribution in [0.3, 0.4) is 0 Å². The molecule has 2 rings (SSSR count). The minimum Gasteiger partial charge on any atom is -0.376 e. The Morgan fingerprint density at radius 3 is 2.21 bits per heavy atom. The number of halogens is 2. The van der Waals surface area contributed by atoms with Crippen molar-refractivity contribution in [2.45, 2.75) is 0 Å². The maximum atomic E-state index is 6.20. The van der Waals surface area contributed by atoms with E-state index in [4.69, 9.17) is 23.2 Å². The molecule has 0 radical (unpaired) electrons. The van der Waals surface area contributed by atoms with Crippen molar-refractivity contribution in [3.63, 3.8) is 0 Å². The van der Waals surface area contributed by atoms with Crippen LogP contribution in [0.4, 0.5) is 17.1 Å². The highest BCUT2D eigenvalue weighted by Gasteiger charge is 2.11. The second-order valence-electron chi connectivity index (χ2n) is 4.16. The van der Waals surface area contributed by atoms with Crippen molar-refractivity contribution in [3.05, 3.63) is 52.5 Å². The van der Waals surface area contributed by atoms with Crippen LogP contribution < -0.4 is 4.90 Å². The van der Waals surface area contributed by atoms with Gasteiger partial charge in [0, 0.05) is 14.1 Å². The van der Waals surface area contributed by atoms with E-state index in [-0.39, 0.29) is 0 Å². The molecule has 0 saturated carbocycles. The van der Waals surface area contributed by atoms with Gasteiger partial charge in [0.25, 0.3) is 0 Å². The predicted octanol–water partition coefficient (Wildman–Crippen LogP) is 5.47. The van der Waals surface area contributed by atoms with E-state index in [2.05, 4.69) is 10.2 Å². The Morgan fingerprint density at radius 1 is 0.895 bits per heavy atom. The fourth-order valence-electron chi connectivity index (χ4n) is 1.59. The van der Waals surface area contributed by atoms with E-state index in [0.717, 1.165) is 11.4 Å². The zero-order valence-corrected chi connectivity index (χ0v) is 12.2. The monoisotopic (exact) mass is 293 g/mol. The molecule has 19 heavy (non-hydrogen) atoms. The lowest BCUT2D eigenvalue weighted by Gasteiger charge is -2.15. The Labute approximate surface area is 122 Å². The molecule has 0 unspecified atom stereocenters. The average molecular weight is 294 g/mol. The molecule has 0 N–H and O–H groups in total. The Kier molecular flexibility index (Phi) is 4.40. The zero-order valence-electron chi connectivity index (χ0n) is 10.6. The molecule has 2 aromatic carbocycles. The first-order chi connectivity index (χ1) is 9.09. The number of hydrogen-bond acceptors (Lipinski definition) is 3. The second-order valence-corrected chi connectivity index (χ2v) is 4.94. The Morgan fingerprint density at radius 2 is 1.58 bits per heavy atom. The first-order valence-electron chi connectivity index (χ1n) is 5.71. The Balaban J connectivity index is 2.44. The summed E-state index contributed by atoms with van der Waals surface area (Å²) in [6.45, 7) is 0. The van der Waals surface area contributed by atoms with E-state index in [9.17, 15) is 0 Å². The highest BCUT2D eigenvalue weighted by atomic mass is 35.5. The summed E-state index contributed by atoms with van der Waals surface area (Å²) >= 11 is 12.2. The lowest BCUT2D eigenvalue weighted by Crippen LogP contribution is -2.08. The van der Waals surface area contributed by atoms with Crippen LogP contribution >= 0.6 is 23.2 Å². The van der Waals surface area contributed by atoms with E-state index in [1.54, 1.807) is 6.07 Å². The fourth-order valence-corrected chi connectivity index (χ4v) is 1.94. The molecule has 0 bridgehead atoms. The molecule has 0 heterocycles. The van der Waals surface area contributed by atoms with Gasteiger partial charge in [-0.1, -0.05) is 41.4 Å². The van der Waals surface area contributed by atoms with Crippen LogP contribution in [-0.2, 0) is 0 Å². The minimum absolute atomic E-state index is 0.410. The third-order valence-corrected chi connectivity index (χ3v) is 3.35. The first-order valence-corrected chi connectivity index (χ1v) is 6.47. The van der Waals surface area contributed by atoms with E-state index < -0.39 is 0 Å². The van der Waals surface area contributed by atoms with Crippen molar-refractivity contribution in [2.24, 2.45) is 10.2 Å². The first kappa shape index (κ1) is 13.8. The van der Waals surface area contributed by atoms with Gasteiger partial charge in [-0.2, -0.15) is 5.11 Å². The number of anilines is 1. The molecule has 0 saturated heterocycles. The molecule has 98 valence electrons. The normalized spacial score (nSPS) is 10.9. The number of benzene rings is 2. The lowest BCUT2D eigenvalue weighted by atomic mass is 10.2. The molecule has 0 aliphatic rings. The van der Waals surface area contributed by atoms with E-state index in [1.807, 2.05) is 55.4 Å². The smallest absolute Gasteiger partial charge is 0.129 e. The molecule has 0 atom stereocenters. The van der Waals surface area contributed by atoms with E-state index >= 15 is 0 Å². The molecule has 5 heteroatoms. The van der Waals surface area contributed by atoms with Crippen LogP contribution in [0.15, 0.2) is 52.7 Å². The summed E-state index contributed by atoms with van der Waals surface area (Å²) in [7, 11) is 3.84. The molecule has 0 spiro atoms. The van der Waals surface area contributed by atoms with Crippen molar-refractivity contribution in [2.75, 3.05) is 19.0 Å². The quantitative estimate of drug-likeness (QED) is 0.689. The topological polar surface area (TPSA) is 28.0 Å². The third kappa shape index (κ3) is 3.25. The summed E-state index contributed by atoms with van der Waals surface area (Å²) in [6, 6.07) is 13.1. The summed E-state index contributed by atoms with van der Waals surface area (Å²) in [5, 5.41) is 9.28. The summed E-state index contributed by atoms with van der Waals surface area (Å²) in [5.41, 5.74) is 2.21. The van der Waals surface area contributed by atoms with Crippen LogP contribution in [0.25, 0.3) is 0 Å². The molecule has 0 aliphatic heterocycles. The van der Waals surface area contributed by atoms with Crippen LogP contribution in [-0.4, -0.2) is 14.1 Å². The molecular formula is C14H13Cl2N3. The minimum atomic E-state index is 0.410. The van der Waals surface area contributed by atoms with Gasteiger partial charge in [0.1, 0.15) is 5.69 Å². The number of azo groups is 1. The molecular weight excluding hydrogens is 281 g/mol. The molecule has 0 aliphatic carbocycles. The van der Waals surface area contributed by atoms with E-state index in [1.165, 1.54) is 0 Å². The van der Waals surface area contributed by atoms with Gasteiger partial charge >= 0.3 is 0 Å². The standard InChI is InChI=1S/C14H13Cl2N3/c1-19(2)12-9-8-11(15)13(16)14(12)18-17-10-6-4-3-5-7-10/h3-9H,1-2H3/b18-17+. The maximum absolute atomic E-state index is 6.20. The summed E-state index contributed by atoms with van der Waals surface area (Å²) in [4.78, 5) is 1.92. The zero-order chi connectivity index (χ0) is 13.8. The number of nitrogens with zero attached hydrogens (tertiary/aromatic N) is 3. The fraction of sp³-hybridized carbons (Fsp3) is 0.143. The van der Waals surface area contributed by atoms with Gasteiger partial charge < -0.3 is 4.90 Å². The number of hydrogen-bond donors (Lipinski definition) is 0. The van der Waals surface area contributed by atoms with Crippen LogP contribution in [0.2, 0.25) is 10.0 Å². The van der Waals surface area contributed by atoms with Crippen molar-refractivity contribution < 1.29 is 0 Å². The van der Waals surface area contributed by atoms with Gasteiger partial charge in [-0.3, -0.25) is 0 Å². The second kappa shape index (κ2) is 6.04. The summed E-state index contributed by atoms with van der Waals surface area (Å²) in [5.74, 6) is 0. The van der Waals surface area contributed by atoms with Crippen LogP contribution in [0, 0.1) is 0 Å². The van der Waals surface area contributed by atoms with Crippen molar-refractivity contribution in [1.82, 2.24) is 0 Å². The highest BCUT2D eigenvalue weighted by Crippen LogP contribution is 2.40. The largest absolute Gasteiger partial charge is 0.376 e. The van der Waals surface area contributed by atoms with Gasteiger partial charge in [0.15, 0.2) is 0 Å². The maximum Gasteiger partial charge on any atom is 0.129 e. The van der Waals surface area contributed by atoms with Gasteiger partial charge in [0.2, 0.25) is 0 Å². The van der Waals surface area contributed by atoms with Gasteiger partial charge in [-0.15, -0.1) is 5.11 Å². The van der Waals surface area contributed by atoms with Gasteiger partial charge in [0.05, 0.1) is 21.4 Å². The van der Waals surface area contributed by atoms with Crippen molar-refractivity contribution in [3.8, 4) is 0 Å². The van der Waals surface area contributed by atoms with Crippen LogP contribution in [0.1, 0.15) is 0 Å². The van der Waals surface area contributed by atoms with Crippen LogP contribution in [0.5, 0.6) is 0 Å². The Hall–Kier alpha value is -1.58. The lowest BCUT2D eigenvalue weighted by molar-refractivity contribution is 1.11. The number of rotatable bonds is 3. The van der Waals surface area contributed by atoms with Crippen molar-refractivity contribution in [1.29, 1.82) is 0 Å². The molecule has 0 fully saturated rings. The highest BCUT2D eigenvalue weighted by molar-refractivity contribution is 6.44. The Bertz CT molecular complexity index is 595.